The standard InChI is InChI=1S/C14H23N3O5/c1-3-4-5-6-7-8-12(10-16(18)19)9-13-14(17(20)21)11(2)15-22-13/h12H,3-10H2,1-2H3/t12-/m0/s1. The SMILES string of the molecule is CCCCCCC[C@@H](Cc1onc(C)c1[N+](=O)[O-])C[N+](=O)[O-]. The fourth-order valence-corrected chi connectivity index (χ4v) is 2.55. The zero-order valence-corrected chi connectivity index (χ0v) is 13.1. The molecule has 22 heavy (non-hydrogen) atoms. The fraction of sp³-hybridized carbons (Fsp3) is 0.786. The second-order valence-corrected chi connectivity index (χ2v) is 5.59. The van der Waals surface area contributed by atoms with Crippen LogP contribution in [0.5, 0.6) is 0 Å². The molecule has 1 aromatic rings. The lowest BCUT2D eigenvalue weighted by Gasteiger charge is -2.10. The molecule has 0 unspecified atom stereocenters. The topological polar surface area (TPSA) is 112 Å². The third-order valence-corrected chi connectivity index (χ3v) is 3.68. The molecule has 1 heterocycles. The number of nitrogens with zero attached hydrogens (tertiary/aromatic N) is 3. The number of hydrogen-bond donors (Lipinski definition) is 0. The minimum atomic E-state index is -0.536. The quantitative estimate of drug-likeness (QED) is 0.350. The molecule has 1 aromatic heterocycles. The molecular formula is C14H23N3O5. The van der Waals surface area contributed by atoms with E-state index in [1.165, 1.54) is 6.92 Å². The molecular weight excluding hydrogens is 290 g/mol. The second-order valence-electron chi connectivity index (χ2n) is 5.59. The van der Waals surface area contributed by atoms with E-state index in [4.69, 9.17) is 4.52 Å². The highest BCUT2D eigenvalue weighted by Gasteiger charge is 2.28. The van der Waals surface area contributed by atoms with Crippen molar-refractivity contribution < 1.29 is 14.4 Å². The van der Waals surface area contributed by atoms with Gasteiger partial charge in [0.1, 0.15) is 0 Å². The highest BCUT2D eigenvalue weighted by molar-refractivity contribution is 5.37. The Morgan fingerprint density at radius 3 is 2.45 bits per heavy atom. The summed E-state index contributed by atoms with van der Waals surface area (Å²) in [6.45, 7) is 3.42. The van der Waals surface area contributed by atoms with Crippen molar-refractivity contribution in [3.63, 3.8) is 0 Å². The number of nitro groups is 2. The molecule has 0 N–H and O–H groups in total. The number of aryl methyl sites for hydroxylation is 1. The van der Waals surface area contributed by atoms with Gasteiger partial charge in [-0.25, -0.2) is 0 Å². The van der Waals surface area contributed by atoms with E-state index in [-0.39, 0.29) is 40.9 Å². The van der Waals surface area contributed by atoms with Crippen LogP contribution >= 0.6 is 0 Å². The number of unbranched alkanes of at least 4 members (excludes halogenated alkanes) is 4. The first-order chi connectivity index (χ1) is 10.5. The first-order valence-corrected chi connectivity index (χ1v) is 7.67. The smallest absolute Gasteiger partial charge is 0.334 e. The molecule has 0 fully saturated rings. The Morgan fingerprint density at radius 2 is 1.86 bits per heavy atom. The maximum absolute atomic E-state index is 11.0. The summed E-state index contributed by atoms with van der Waals surface area (Å²) in [7, 11) is 0. The molecule has 0 spiro atoms. The fourth-order valence-electron chi connectivity index (χ4n) is 2.55. The summed E-state index contributed by atoms with van der Waals surface area (Å²) in [5, 5.41) is 25.4. The lowest BCUT2D eigenvalue weighted by atomic mass is 9.95. The van der Waals surface area contributed by atoms with E-state index in [0.29, 0.717) is 6.42 Å². The molecule has 0 aliphatic rings. The van der Waals surface area contributed by atoms with E-state index < -0.39 is 4.92 Å². The monoisotopic (exact) mass is 313 g/mol. The van der Waals surface area contributed by atoms with Crippen LogP contribution in [0.15, 0.2) is 4.52 Å². The van der Waals surface area contributed by atoms with Crippen molar-refractivity contribution in [2.75, 3.05) is 6.54 Å². The molecule has 0 bridgehead atoms. The highest BCUT2D eigenvalue weighted by atomic mass is 16.6. The zero-order valence-electron chi connectivity index (χ0n) is 13.1. The predicted octanol–water partition coefficient (Wildman–Crippen LogP) is 3.69. The Kier molecular flexibility index (Phi) is 7.48. The zero-order chi connectivity index (χ0) is 16.5. The van der Waals surface area contributed by atoms with Gasteiger partial charge in [0, 0.05) is 17.3 Å². The van der Waals surface area contributed by atoms with Crippen LogP contribution < -0.4 is 0 Å². The average Bonchev–Trinajstić information content (AvgIpc) is 2.78. The largest absolute Gasteiger partial charge is 0.354 e. The van der Waals surface area contributed by atoms with Gasteiger partial charge in [0.15, 0.2) is 5.69 Å². The lowest BCUT2D eigenvalue weighted by Crippen LogP contribution is -2.17. The van der Waals surface area contributed by atoms with Crippen LogP contribution in [0.3, 0.4) is 0 Å². The summed E-state index contributed by atoms with van der Waals surface area (Å²) < 4.78 is 5.00. The van der Waals surface area contributed by atoms with Crippen LogP contribution in [0, 0.1) is 33.1 Å². The van der Waals surface area contributed by atoms with Crippen molar-refractivity contribution in [3.8, 4) is 0 Å². The van der Waals surface area contributed by atoms with Crippen molar-refractivity contribution in [2.24, 2.45) is 5.92 Å². The van der Waals surface area contributed by atoms with Crippen LogP contribution in [-0.2, 0) is 6.42 Å². The van der Waals surface area contributed by atoms with Gasteiger partial charge in [0.05, 0.1) is 4.92 Å². The second kappa shape index (κ2) is 9.11. The molecule has 0 aliphatic heterocycles. The van der Waals surface area contributed by atoms with Crippen molar-refractivity contribution in [1.82, 2.24) is 5.16 Å². The third-order valence-electron chi connectivity index (χ3n) is 3.68. The lowest BCUT2D eigenvalue weighted by molar-refractivity contribution is -0.488. The van der Waals surface area contributed by atoms with Crippen molar-refractivity contribution >= 4 is 5.69 Å². The molecule has 1 rings (SSSR count). The highest BCUT2D eigenvalue weighted by Crippen LogP contribution is 2.27. The van der Waals surface area contributed by atoms with E-state index in [0.717, 1.165) is 32.1 Å². The molecule has 0 saturated heterocycles. The van der Waals surface area contributed by atoms with Crippen LogP contribution in [0.2, 0.25) is 0 Å². The van der Waals surface area contributed by atoms with Crippen molar-refractivity contribution in [1.29, 1.82) is 0 Å². The van der Waals surface area contributed by atoms with Gasteiger partial charge in [0.25, 0.3) is 0 Å². The summed E-state index contributed by atoms with van der Waals surface area (Å²) in [6.07, 6.45) is 6.18. The molecule has 0 radical (unpaired) electrons. The number of aromatic nitrogens is 1. The normalized spacial score (nSPS) is 12.3. The van der Waals surface area contributed by atoms with Crippen LogP contribution in [0.1, 0.15) is 56.9 Å². The van der Waals surface area contributed by atoms with Gasteiger partial charge >= 0.3 is 5.69 Å². The van der Waals surface area contributed by atoms with E-state index >= 15 is 0 Å². The Balaban J connectivity index is 2.64. The minimum Gasteiger partial charge on any atom is -0.354 e. The molecule has 0 aliphatic carbocycles. The van der Waals surface area contributed by atoms with Crippen molar-refractivity contribution in [3.05, 3.63) is 31.7 Å². The molecule has 8 nitrogen and oxygen atoms in total. The van der Waals surface area contributed by atoms with E-state index in [9.17, 15) is 20.2 Å². The molecule has 1 atom stereocenters. The number of rotatable bonds is 11. The third kappa shape index (κ3) is 5.79. The van der Waals surface area contributed by atoms with Crippen molar-refractivity contribution in [2.45, 2.75) is 58.8 Å². The molecule has 0 aromatic carbocycles. The Morgan fingerprint density at radius 1 is 1.18 bits per heavy atom. The molecule has 124 valence electrons. The average molecular weight is 313 g/mol. The van der Waals surface area contributed by atoms with Crippen LogP contribution in [0.25, 0.3) is 0 Å². The molecule has 0 saturated carbocycles. The van der Waals surface area contributed by atoms with Gasteiger partial charge in [-0.15, -0.1) is 0 Å². The van der Waals surface area contributed by atoms with Gasteiger partial charge < -0.3 is 4.52 Å². The van der Waals surface area contributed by atoms with Crippen LogP contribution in [-0.4, -0.2) is 21.5 Å². The molecule has 8 heteroatoms. The number of hydrogen-bond acceptors (Lipinski definition) is 6. The van der Waals surface area contributed by atoms with Gasteiger partial charge in [-0.1, -0.05) is 44.2 Å². The minimum absolute atomic E-state index is 0.142. The van der Waals surface area contributed by atoms with E-state index in [1.807, 2.05) is 0 Å². The first kappa shape index (κ1) is 18.1. The van der Waals surface area contributed by atoms with Gasteiger partial charge in [0.2, 0.25) is 12.3 Å². The summed E-state index contributed by atoms with van der Waals surface area (Å²) in [5.74, 6) is -0.120. The summed E-state index contributed by atoms with van der Waals surface area (Å²) in [6, 6.07) is 0. The van der Waals surface area contributed by atoms with Crippen LogP contribution in [0.4, 0.5) is 5.69 Å². The van der Waals surface area contributed by atoms with E-state index in [2.05, 4.69) is 12.1 Å². The van der Waals surface area contributed by atoms with Gasteiger partial charge in [-0.3, -0.25) is 20.2 Å². The first-order valence-electron chi connectivity index (χ1n) is 7.67. The summed E-state index contributed by atoms with van der Waals surface area (Å²) in [5.41, 5.74) is 0.0575. The Labute approximate surface area is 129 Å². The van der Waals surface area contributed by atoms with E-state index in [1.54, 1.807) is 0 Å². The Hall–Kier alpha value is -1.99. The summed E-state index contributed by atoms with van der Waals surface area (Å²) >= 11 is 0. The Bertz CT molecular complexity index is 501. The summed E-state index contributed by atoms with van der Waals surface area (Å²) in [4.78, 5) is 20.9. The molecule has 0 amide bonds. The maximum Gasteiger partial charge on any atom is 0.334 e. The van der Waals surface area contributed by atoms with Gasteiger partial charge in [-0.05, 0) is 13.3 Å². The van der Waals surface area contributed by atoms with Gasteiger partial charge in [-0.2, -0.15) is 0 Å². The maximum atomic E-state index is 11.0. The predicted molar refractivity (Wildman–Crippen MR) is 80.3 cm³/mol.